The number of ether oxygens (including phenoxy) is 1. The number of primary sulfonamides is 1. The number of hydrogen-bond donors (Lipinski definition) is 1. The molecule has 1 fully saturated rings. The number of nitrogens with two attached hydrogens (primary N) is 1. The lowest BCUT2D eigenvalue weighted by molar-refractivity contribution is -0.141. The lowest BCUT2D eigenvalue weighted by Crippen LogP contribution is -2.21. The average Bonchev–Trinajstić information content (AvgIpc) is 2.98. The first kappa shape index (κ1) is 19.6. The van der Waals surface area contributed by atoms with E-state index in [9.17, 15) is 26.0 Å². The van der Waals surface area contributed by atoms with Gasteiger partial charge in [-0.25, -0.2) is 22.6 Å². The first-order valence-corrected chi connectivity index (χ1v) is 9.77. The molecule has 2 N–H and O–H groups in total. The summed E-state index contributed by atoms with van der Waals surface area (Å²) in [4.78, 5) is -0.760. The first-order valence-electron chi connectivity index (χ1n) is 8.22. The normalized spacial score (nSPS) is 16.5. The van der Waals surface area contributed by atoms with Gasteiger partial charge in [0.1, 0.15) is 16.8 Å². The monoisotopic (exact) mass is 407 g/mol. The predicted molar refractivity (Wildman–Crippen MR) is 87.4 cm³/mol. The van der Waals surface area contributed by atoms with E-state index in [1.165, 1.54) is 0 Å². The van der Waals surface area contributed by atoms with Crippen molar-refractivity contribution in [2.45, 2.75) is 49.3 Å². The second kappa shape index (κ2) is 7.12. The molecule has 1 aliphatic carbocycles. The van der Waals surface area contributed by atoms with Crippen molar-refractivity contribution >= 4 is 10.0 Å². The Balaban J connectivity index is 2.02. The van der Waals surface area contributed by atoms with Crippen LogP contribution in [0.5, 0.6) is 5.88 Å². The van der Waals surface area contributed by atoms with Crippen LogP contribution in [0.15, 0.2) is 29.2 Å². The highest BCUT2D eigenvalue weighted by Gasteiger charge is 2.36. The highest BCUT2D eigenvalue weighted by atomic mass is 32.2. The molecule has 3 rings (SSSR count). The first-order chi connectivity index (χ1) is 12.6. The van der Waals surface area contributed by atoms with E-state index in [0.29, 0.717) is 12.8 Å². The summed E-state index contributed by atoms with van der Waals surface area (Å²) in [6.45, 7) is 0. The van der Waals surface area contributed by atoms with Gasteiger partial charge < -0.3 is 4.74 Å². The Morgan fingerprint density at radius 3 is 2.37 bits per heavy atom. The number of nitrogens with zero attached hydrogens (tertiary/aromatic N) is 2. The minimum atomic E-state index is -4.71. The average molecular weight is 407 g/mol. The molecule has 0 atom stereocenters. The zero-order chi connectivity index (χ0) is 19.8. The van der Waals surface area contributed by atoms with Crippen LogP contribution in [0.4, 0.5) is 17.6 Å². The summed E-state index contributed by atoms with van der Waals surface area (Å²) < 4.78 is 82.4. The van der Waals surface area contributed by atoms with Crippen LogP contribution in [-0.2, 0) is 16.2 Å². The van der Waals surface area contributed by atoms with Crippen LogP contribution in [0.2, 0.25) is 0 Å². The second-order valence-electron chi connectivity index (χ2n) is 6.31. The fraction of sp³-hybridized carbons (Fsp3) is 0.438. The van der Waals surface area contributed by atoms with E-state index in [2.05, 4.69) is 5.10 Å². The molecular weight excluding hydrogens is 390 g/mol. The molecule has 1 heterocycles. The summed E-state index contributed by atoms with van der Waals surface area (Å²) >= 11 is 0. The summed E-state index contributed by atoms with van der Waals surface area (Å²) in [5.74, 6) is -1.38. The molecule has 0 bridgehead atoms. The molecule has 0 amide bonds. The molecule has 2 aromatic rings. The van der Waals surface area contributed by atoms with E-state index < -0.39 is 32.6 Å². The molecule has 1 aromatic heterocycles. The molecule has 1 aromatic carbocycles. The Morgan fingerprint density at radius 2 is 1.81 bits per heavy atom. The zero-order valence-electron chi connectivity index (χ0n) is 14.0. The highest BCUT2D eigenvalue weighted by Crippen LogP contribution is 2.34. The summed E-state index contributed by atoms with van der Waals surface area (Å²) in [7, 11) is -4.30. The van der Waals surface area contributed by atoms with E-state index in [-0.39, 0.29) is 17.7 Å². The highest BCUT2D eigenvalue weighted by molar-refractivity contribution is 7.89. The number of alkyl halides is 3. The third-order valence-corrected chi connectivity index (χ3v) is 5.22. The molecule has 0 saturated heterocycles. The van der Waals surface area contributed by atoms with E-state index in [0.717, 1.165) is 48.2 Å². The van der Waals surface area contributed by atoms with Crippen molar-refractivity contribution in [3.05, 3.63) is 35.8 Å². The van der Waals surface area contributed by atoms with E-state index in [1.54, 1.807) is 0 Å². The molecule has 0 spiro atoms. The van der Waals surface area contributed by atoms with Crippen molar-refractivity contribution in [2.24, 2.45) is 5.14 Å². The summed E-state index contributed by atoms with van der Waals surface area (Å²) in [6.07, 6.45) is -0.729. The number of halogens is 4. The third-order valence-electron chi connectivity index (χ3n) is 4.27. The molecule has 0 radical (unpaired) electrons. The third kappa shape index (κ3) is 4.41. The topological polar surface area (TPSA) is 87.2 Å². The molecule has 1 saturated carbocycles. The number of benzene rings is 1. The summed E-state index contributed by atoms with van der Waals surface area (Å²) in [6, 6.07) is 3.49. The van der Waals surface area contributed by atoms with Gasteiger partial charge >= 0.3 is 6.18 Å². The van der Waals surface area contributed by atoms with E-state index in [1.807, 2.05) is 0 Å². The van der Waals surface area contributed by atoms with Gasteiger partial charge in [0, 0.05) is 12.1 Å². The van der Waals surface area contributed by atoms with Gasteiger partial charge in [-0.15, -0.1) is 0 Å². The van der Waals surface area contributed by atoms with Crippen molar-refractivity contribution < 1.29 is 30.7 Å². The maximum atomic E-state index is 14.1. The van der Waals surface area contributed by atoms with E-state index >= 15 is 0 Å². The van der Waals surface area contributed by atoms with E-state index in [4.69, 9.17) is 9.88 Å². The fourth-order valence-electron chi connectivity index (χ4n) is 2.98. The Labute approximate surface area is 153 Å². The summed E-state index contributed by atoms with van der Waals surface area (Å²) in [5.41, 5.74) is -1.30. The van der Waals surface area contributed by atoms with Crippen LogP contribution in [0.25, 0.3) is 5.69 Å². The van der Waals surface area contributed by atoms with Crippen LogP contribution in [-0.4, -0.2) is 24.3 Å². The Hall–Kier alpha value is -2.14. The van der Waals surface area contributed by atoms with Crippen LogP contribution >= 0.6 is 0 Å². The fourth-order valence-corrected chi connectivity index (χ4v) is 3.57. The largest absolute Gasteiger partial charge is 0.474 e. The molecule has 27 heavy (non-hydrogen) atoms. The zero-order valence-corrected chi connectivity index (χ0v) is 14.9. The van der Waals surface area contributed by atoms with Crippen LogP contribution in [0, 0.1) is 5.82 Å². The number of rotatable bonds is 4. The smallest absolute Gasteiger partial charge is 0.435 e. The molecule has 148 valence electrons. The SMILES string of the molecule is NS(=O)(=O)c1ccc(-n2nc(C(F)(F)F)cc2OC2CCCCC2)cc1F. The van der Waals surface area contributed by atoms with Gasteiger partial charge in [-0.2, -0.15) is 18.3 Å². The summed E-state index contributed by atoms with van der Waals surface area (Å²) in [5, 5.41) is 8.37. The molecule has 11 heteroatoms. The minimum Gasteiger partial charge on any atom is -0.474 e. The van der Waals surface area contributed by atoms with Gasteiger partial charge in [-0.3, -0.25) is 0 Å². The van der Waals surface area contributed by atoms with Crippen molar-refractivity contribution in [3.63, 3.8) is 0 Å². The van der Waals surface area contributed by atoms with Gasteiger partial charge in [-0.1, -0.05) is 6.42 Å². The molecule has 6 nitrogen and oxygen atoms in total. The second-order valence-corrected chi connectivity index (χ2v) is 7.84. The van der Waals surface area contributed by atoms with Crippen LogP contribution < -0.4 is 9.88 Å². The lowest BCUT2D eigenvalue weighted by Gasteiger charge is -2.23. The lowest BCUT2D eigenvalue weighted by atomic mass is 9.98. The number of sulfonamides is 1. The minimum absolute atomic E-state index is 0.110. The Kier molecular flexibility index (Phi) is 5.17. The van der Waals surface area contributed by atoms with Gasteiger partial charge in [0.15, 0.2) is 5.69 Å². The quantitative estimate of drug-likeness (QED) is 0.787. The number of hydrogen-bond acceptors (Lipinski definition) is 4. The van der Waals surface area contributed by atoms with Crippen LogP contribution in [0.3, 0.4) is 0 Å². The predicted octanol–water partition coefficient (Wildman–Crippen LogP) is 3.39. The number of aromatic nitrogens is 2. The van der Waals surface area contributed by atoms with Gasteiger partial charge in [0.25, 0.3) is 0 Å². The van der Waals surface area contributed by atoms with Gasteiger partial charge in [0.2, 0.25) is 15.9 Å². The van der Waals surface area contributed by atoms with Crippen molar-refractivity contribution in [3.8, 4) is 11.6 Å². The molecule has 0 aliphatic heterocycles. The van der Waals surface area contributed by atoms with Crippen molar-refractivity contribution in [1.82, 2.24) is 9.78 Å². The Bertz CT molecular complexity index is 935. The molecule has 1 aliphatic rings. The van der Waals surface area contributed by atoms with Crippen molar-refractivity contribution in [1.29, 1.82) is 0 Å². The van der Waals surface area contributed by atoms with Gasteiger partial charge in [0.05, 0.1) is 5.69 Å². The Morgan fingerprint density at radius 1 is 1.15 bits per heavy atom. The molecular formula is C16H17F4N3O3S. The van der Waals surface area contributed by atoms with Gasteiger partial charge in [-0.05, 0) is 37.8 Å². The van der Waals surface area contributed by atoms with Crippen LogP contribution in [0.1, 0.15) is 37.8 Å². The standard InChI is InChI=1S/C16H17F4N3O3S/c17-12-8-10(6-7-13(12)27(21,24)25)23-15(9-14(22-23)16(18,19)20)26-11-4-2-1-3-5-11/h6-9,11H,1-5H2,(H2,21,24,25). The molecule has 0 unspecified atom stereocenters. The maximum absolute atomic E-state index is 14.1. The maximum Gasteiger partial charge on any atom is 0.435 e. The van der Waals surface area contributed by atoms with Crippen molar-refractivity contribution in [2.75, 3.05) is 0 Å².